The van der Waals surface area contributed by atoms with E-state index in [-0.39, 0.29) is 16.9 Å². The van der Waals surface area contributed by atoms with E-state index in [0.29, 0.717) is 28.8 Å². The molecule has 0 aromatic heterocycles. The van der Waals surface area contributed by atoms with E-state index in [9.17, 15) is 0 Å². The zero-order valence-corrected chi connectivity index (χ0v) is 20.5. The fourth-order valence-electron chi connectivity index (χ4n) is 9.28. The third-order valence-electron chi connectivity index (χ3n) is 10.6. The Morgan fingerprint density at radius 3 is 2.33 bits per heavy atom. The van der Waals surface area contributed by atoms with Gasteiger partial charge in [0.2, 0.25) is 0 Å². The van der Waals surface area contributed by atoms with E-state index in [1.807, 2.05) is 0 Å². The van der Waals surface area contributed by atoms with Crippen LogP contribution < -0.4 is 10.5 Å². The van der Waals surface area contributed by atoms with Gasteiger partial charge in [-0.05, 0) is 48.8 Å². The van der Waals surface area contributed by atoms with E-state index in [4.69, 9.17) is 22.7 Å². The number of para-hydroxylation sites is 1. The largest absolute Gasteiger partial charge is 0.490 e. The lowest BCUT2D eigenvalue weighted by molar-refractivity contribution is -0.455. The monoisotopic (exact) mass is 458 g/mol. The quantitative estimate of drug-likeness (QED) is 0.640. The van der Waals surface area contributed by atoms with Crippen LogP contribution in [-0.4, -0.2) is 35.1 Å². The second kappa shape index (κ2) is 6.40. The van der Waals surface area contributed by atoms with E-state index in [0.717, 1.165) is 25.3 Å². The number of benzene rings is 2. The zero-order chi connectivity index (χ0) is 22.6. The summed E-state index contributed by atoms with van der Waals surface area (Å²) in [6, 6.07) is 22.0. The topological polar surface area (TPSA) is 38.5 Å². The van der Waals surface area contributed by atoms with Gasteiger partial charge in [0.15, 0.2) is 0 Å². The van der Waals surface area contributed by atoms with Crippen molar-refractivity contribution in [2.45, 2.75) is 57.1 Å². The van der Waals surface area contributed by atoms with Crippen LogP contribution in [-0.2, 0) is 5.41 Å². The molecule has 1 saturated heterocycles. The van der Waals surface area contributed by atoms with Crippen LogP contribution in [0.5, 0.6) is 5.75 Å². The minimum atomic E-state index is 0.109. The van der Waals surface area contributed by atoms with E-state index in [1.54, 1.807) is 0 Å². The highest BCUT2D eigenvalue weighted by molar-refractivity contribution is 7.80. The number of hydrogen-bond donors (Lipinski definition) is 1. The minimum Gasteiger partial charge on any atom is -0.490 e. The summed E-state index contributed by atoms with van der Waals surface area (Å²) in [5.74, 6) is 2.24. The van der Waals surface area contributed by atoms with Gasteiger partial charge in [0.25, 0.3) is 0 Å². The molecular weight excluding hydrogens is 424 g/mol. The Morgan fingerprint density at radius 2 is 1.67 bits per heavy atom. The zero-order valence-electron chi connectivity index (χ0n) is 19.7. The van der Waals surface area contributed by atoms with Crippen LogP contribution in [0, 0.1) is 28.1 Å². The molecular formula is C29H34N2OS. The second-order valence-corrected chi connectivity index (χ2v) is 12.6. The number of nitrogens with two attached hydrogens (primary N) is 1. The van der Waals surface area contributed by atoms with Gasteiger partial charge in [-0.25, -0.2) is 0 Å². The molecule has 172 valence electrons. The van der Waals surface area contributed by atoms with Crippen molar-refractivity contribution in [2.24, 2.45) is 33.8 Å². The SMILES string of the molecule is CC1(C)CN(C(=S)C23CC4C(Oc5ccccc5)C5CC(c6ccccc6)(C2)C453)CC[C@@H]1N. The van der Waals surface area contributed by atoms with Crippen molar-refractivity contribution in [1.82, 2.24) is 4.90 Å². The van der Waals surface area contributed by atoms with Crippen molar-refractivity contribution in [1.29, 1.82) is 0 Å². The number of rotatable bonds is 4. The Labute approximate surface area is 202 Å². The molecule has 6 unspecified atom stereocenters. The molecule has 5 fully saturated rings. The number of nitrogens with zero attached hydrogens (tertiary/aromatic N) is 1. The molecule has 1 aliphatic heterocycles. The molecule has 2 aromatic carbocycles. The summed E-state index contributed by atoms with van der Waals surface area (Å²) < 4.78 is 6.61. The summed E-state index contributed by atoms with van der Waals surface area (Å²) in [6.07, 6.45) is 5.03. The summed E-state index contributed by atoms with van der Waals surface area (Å²) in [7, 11) is 0. The van der Waals surface area contributed by atoms with Gasteiger partial charge in [-0.2, -0.15) is 0 Å². The molecule has 4 heteroatoms. The highest BCUT2D eigenvalue weighted by atomic mass is 32.1. The second-order valence-electron chi connectivity index (χ2n) is 12.2. The Balaban J connectivity index is 1.22. The molecule has 1 heterocycles. The Bertz CT molecular complexity index is 1110. The normalized spacial score (nSPS) is 43.5. The maximum Gasteiger partial charge on any atom is 0.119 e. The lowest BCUT2D eigenvalue weighted by atomic mass is 9.07. The first-order chi connectivity index (χ1) is 15.9. The maximum absolute atomic E-state index is 6.61. The molecule has 4 saturated carbocycles. The predicted octanol–water partition coefficient (Wildman–Crippen LogP) is 5.19. The fraction of sp³-hybridized carbons (Fsp3) is 0.552. The summed E-state index contributed by atoms with van der Waals surface area (Å²) >= 11 is 6.37. The highest BCUT2D eigenvalue weighted by Crippen LogP contribution is 2.97. The first kappa shape index (κ1) is 20.5. The van der Waals surface area contributed by atoms with E-state index in [2.05, 4.69) is 79.4 Å². The maximum atomic E-state index is 6.61. The summed E-state index contributed by atoms with van der Waals surface area (Å²) in [6.45, 7) is 6.61. The van der Waals surface area contributed by atoms with Crippen LogP contribution in [0.3, 0.4) is 0 Å². The number of hydrogen-bond acceptors (Lipinski definition) is 3. The van der Waals surface area contributed by atoms with Gasteiger partial charge < -0.3 is 15.4 Å². The lowest BCUT2D eigenvalue weighted by Gasteiger charge is -2.96. The van der Waals surface area contributed by atoms with Crippen LogP contribution in [0.4, 0.5) is 0 Å². The third-order valence-corrected chi connectivity index (χ3v) is 11.3. The average Bonchev–Trinajstić information content (AvgIpc) is 2.78. The van der Waals surface area contributed by atoms with Crippen molar-refractivity contribution in [3.8, 4) is 5.75 Å². The van der Waals surface area contributed by atoms with Gasteiger partial charge in [-0.1, -0.05) is 74.6 Å². The Kier molecular flexibility index (Phi) is 3.97. The predicted molar refractivity (Wildman–Crippen MR) is 135 cm³/mol. The first-order valence-electron chi connectivity index (χ1n) is 12.7. The summed E-state index contributed by atoms with van der Waals surface area (Å²) in [5.41, 5.74) is 8.89. The van der Waals surface area contributed by atoms with E-state index < -0.39 is 0 Å². The standard InChI is InChI=1S/C29H34N2OS/c1-26(2)18-31(14-13-23(26)30)25(33)28-16-22-24(32-20-11-7-4-8-12-20)21-15-27(17-28,29(21,22)28)19-9-5-3-6-10-19/h3-12,21-24H,13-18,30H2,1-2H3/t21?,22?,23-,24?,27?,28?,29?/m0/s1. The van der Waals surface area contributed by atoms with Gasteiger partial charge in [-0.15, -0.1) is 0 Å². The van der Waals surface area contributed by atoms with Crippen molar-refractivity contribution < 1.29 is 4.74 Å². The molecule has 1 spiro atoms. The fourth-order valence-corrected chi connectivity index (χ4v) is 9.77. The van der Waals surface area contributed by atoms with Crippen LogP contribution in [0.2, 0.25) is 0 Å². The van der Waals surface area contributed by atoms with Crippen LogP contribution in [0.1, 0.15) is 45.1 Å². The Morgan fingerprint density at radius 1 is 1.00 bits per heavy atom. The molecule has 0 radical (unpaired) electrons. The minimum absolute atomic E-state index is 0.109. The van der Waals surface area contributed by atoms with Crippen LogP contribution >= 0.6 is 12.2 Å². The van der Waals surface area contributed by atoms with Gasteiger partial charge in [0.1, 0.15) is 11.9 Å². The summed E-state index contributed by atoms with van der Waals surface area (Å²) in [5, 5.41) is 0. The molecule has 0 amide bonds. The van der Waals surface area contributed by atoms with Gasteiger partial charge in [-0.3, -0.25) is 0 Å². The molecule has 4 aliphatic carbocycles. The highest BCUT2D eigenvalue weighted by Gasteiger charge is 2.98. The molecule has 2 N–H and O–H groups in total. The van der Waals surface area contributed by atoms with E-state index in [1.165, 1.54) is 29.8 Å². The molecule has 5 aliphatic rings. The van der Waals surface area contributed by atoms with Crippen molar-refractivity contribution >= 4 is 17.2 Å². The number of ether oxygens (including phenoxy) is 1. The first-order valence-corrected chi connectivity index (χ1v) is 13.1. The average molecular weight is 459 g/mol. The molecule has 7 atom stereocenters. The number of piperidine rings is 1. The van der Waals surface area contributed by atoms with Crippen molar-refractivity contribution in [2.75, 3.05) is 13.1 Å². The number of likely N-dealkylation sites (tertiary alicyclic amines) is 1. The van der Waals surface area contributed by atoms with Crippen molar-refractivity contribution in [3.05, 3.63) is 66.2 Å². The van der Waals surface area contributed by atoms with Crippen LogP contribution in [0.15, 0.2) is 60.7 Å². The molecule has 7 rings (SSSR count). The molecule has 3 nitrogen and oxygen atoms in total. The van der Waals surface area contributed by atoms with Crippen molar-refractivity contribution in [3.63, 3.8) is 0 Å². The smallest absolute Gasteiger partial charge is 0.119 e. The third kappa shape index (κ3) is 2.19. The molecule has 0 bridgehead atoms. The van der Waals surface area contributed by atoms with E-state index >= 15 is 0 Å². The van der Waals surface area contributed by atoms with Crippen LogP contribution in [0.25, 0.3) is 0 Å². The Hall–Kier alpha value is -1.91. The number of thiocarbonyl (C=S) groups is 1. The molecule has 2 aromatic rings. The van der Waals surface area contributed by atoms with Gasteiger partial charge in [0, 0.05) is 47.2 Å². The summed E-state index contributed by atoms with van der Waals surface area (Å²) in [4.78, 5) is 3.78. The van der Waals surface area contributed by atoms with Gasteiger partial charge >= 0.3 is 0 Å². The van der Waals surface area contributed by atoms with Gasteiger partial charge in [0.05, 0.1) is 4.99 Å². The lowest BCUT2D eigenvalue weighted by Crippen LogP contribution is -2.98. The molecule has 33 heavy (non-hydrogen) atoms.